The molecular formula is C11H12O3. The van der Waals surface area contributed by atoms with Gasteiger partial charge in [-0.2, -0.15) is 0 Å². The predicted octanol–water partition coefficient (Wildman–Crippen LogP) is 1.83. The molecule has 1 rings (SSSR count). The van der Waals surface area contributed by atoms with E-state index in [1.807, 2.05) is 6.07 Å². The van der Waals surface area contributed by atoms with Gasteiger partial charge in [0.25, 0.3) is 0 Å². The lowest BCUT2D eigenvalue weighted by Gasteiger charge is -2.09. The lowest BCUT2D eigenvalue weighted by Crippen LogP contribution is -2.14. The molecule has 0 aliphatic heterocycles. The number of aliphatic carboxylic acids is 1. The first kappa shape index (κ1) is 10.4. The lowest BCUT2D eigenvalue weighted by molar-refractivity contribution is -0.140. The van der Waals surface area contributed by atoms with Gasteiger partial charge in [0.15, 0.2) is 0 Å². The topological polar surface area (TPSA) is 54.4 Å². The van der Waals surface area contributed by atoms with Gasteiger partial charge in [-0.25, -0.2) is 0 Å². The first-order valence-corrected chi connectivity index (χ1v) is 4.38. The third kappa shape index (κ3) is 2.69. The van der Waals surface area contributed by atoms with E-state index >= 15 is 0 Å². The minimum Gasteiger partial charge on any atom is -0.481 e. The van der Waals surface area contributed by atoms with Crippen LogP contribution in [0.4, 0.5) is 0 Å². The number of carboxylic acid groups (broad SMARTS) is 1. The van der Waals surface area contributed by atoms with Crippen LogP contribution in [0.2, 0.25) is 0 Å². The Hall–Kier alpha value is -1.64. The van der Waals surface area contributed by atoms with Crippen molar-refractivity contribution in [2.45, 2.75) is 19.3 Å². The van der Waals surface area contributed by atoms with Gasteiger partial charge in [-0.15, -0.1) is 0 Å². The van der Waals surface area contributed by atoms with E-state index in [4.69, 9.17) is 5.11 Å². The molecule has 3 nitrogen and oxygen atoms in total. The van der Waals surface area contributed by atoms with Gasteiger partial charge in [0.05, 0.1) is 5.92 Å². The number of ketones is 1. The third-order valence-electron chi connectivity index (χ3n) is 1.99. The molecule has 0 radical (unpaired) electrons. The molecule has 0 spiro atoms. The van der Waals surface area contributed by atoms with Crippen LogP contribution in [0.5, 0.6) is 0 Å². The molecule has 14 heavy (non-hydrogen) atoms. The fourth-order valence-electron chi connectivity index (χ4n) is 1.32. The molecule has 0 saturated carbocycles. The predicted molar refractivity (Wildman–Crippen MR) is 52.1 cm³/mol. The summed E-state index contributed by atoms with van der Waals surface area (Å²) in [6.45, 7) is 1.40. The van der Waals surface area contributed by atoms with Gasteiger partial charge in [-0.1, -0.05) is 30.3 Å². The van der Waals surface area contributed by atoms with Crippen molar-refractivity contribution in [3.8, 4) is 0 Å². The van der Waals surface area contributed by atoms with Crippen LogP contribution in [-0.4, -0.2) is 16.9 Å². The van der Waals surface area contributed by atoms with Gasteiger partial charge < -0.3 is 5.11 Å². The number of carbonyl (C=O) groups excluding carboxylic acids is 1. The summed E-state index contributed by atoms with van der Waals surface area (Å²) in [5, 5.41) is 8.92. The molecule has 0 amide bonds. The maximum Gasteiger partial charge on any atom is 0.311 e. The monoisotopic (exact) mass is 192 g/mol. The van der Waals surface area contributed by atoms with Gasteiger partial charge in [-0.05, 0) is 12.5 Å². The molecule has 0 bridgehead atoms. The van der Waals surface area contributed by atoms with Gasteiger partial charge in [0, 0.05) is 6.42 Å². The Balaban J connectivity index is 2.89. The molecule has 1 aromatic rings. The van der Waals surface area contributed by atoms with E-state index in [0.29, 0.717) is 5.56 Å². The molecule has 0 aliphatic rings. The largest absolute Gasteiger partial charge is 0.481 e. The molecule has 0 aliphatic carbocycles. The van der Waals surface area contributed by atoms with Gasteiger partial charge >= 0.3 is 5.97 Å². The second-order valence-electron chi connectivity index (χ2n) is 3.21. The Morgan fingerprint density at radius 1 is 1.29 bits per heavy atom. The van der Waals surface area contributed by atoms with Crippen molar-refractivity contribution in [2.24, 2.45) is 0 Å². The zero-order valence-corrected chi connectivity index (χ0v) is 7.93. The van der Waals surface area contributed by atoms with Gasteiger partial charge in [0.1, 0.15) is 5.78 Å². The molecule has 0 heterocycles. The summed E-state index contributed by atoms with van der Waals surface area (Å²) in [4.78, 5) is 21.8. The van der Waals surface area contributed by atoms with Gasteiger partial charge in [-0.3, -0.25) is 9.59 Å². The summed E-state index contributed by atoms with van der Waals surface area (Å²) in [5.74, 6) is -1.78. The van der Waals surface area contributed by atoms with Crippen LogP contribution in [0, 0.1) is 0 Å². The number of carboxylic acids is 1. The number of benzene rings is 1. The summed E-state index contributed by atoms with van der Waals surface area (Å²) in [5.41, 5.74) is 0.676. The third-order valence-corrected chi connectivity index (χ3v) is 1.99. The Kier molecular flexibility index (Phi) is 3.40. The summed E-state index contributed by atoms with van der Waals surface area (Å²) in [7, 11) is 0. The Morgan fingerprint density at radius 2 is 1.86 bits per heavy atom. The summed E-state index contributed by atoms with van der Waals surface area (Å²) >= 11 is 0. The average Bonchev–Trinajstić information content (AvgIpc) is 2.15. The number of Topliss-reactive ketones (excluding diaryl/α,β-unsaturated/α-hetero) is 1. The van der Waals surface area contributed by atoms with Crippen LogP contribution in [0.1, 0.15) is 24.8 Å². The van der Waals surface area contributed by atoms with Crippen molar-refractivity contribution in [3.05, 3.63) is 35.9 Å². The minimum atomic E-state index is -0.952. The van der Waals surface area contributed by atoms with Crippen LogP contribution < -0.4 is 0 Å². The molecule has 1 atom stereocenters. The maximum absolute atomic E-state index is 10.9. The van der Waals surface area contributed by atoms with E-state index in [9.17, 15) is 9.59 Å². The van der Waals surface area contributed by atoms with Crippen molar-refractivity contribution in [1.29, 1.82) is 0 Å². The quantitative estimate of drug-likeness (QED) is 0.791. The van der Waals surface area contributed by atoms with Crippen LogP contribution in [0.25, 0.3) is 0 Å². The molecule has 0 fully saturated rings. The lowest BCUT2D eigenvalue weighted by atomic mass is 9.94. The summed E-state index contributed by atoms with van der Waals surface area (Å²) in [6, 6.07) is 8.80. The van der Waals surface area contributed by atoms with E-state index in [0.717, 1.165) is 0 Å². The standard InChI is InChI=1S/C11H12O3/c1-8(12)7-10(11(13)14)9-5-3-2-4-6-9/h2-6,10H,7H2,1H3,(H,13,14)/t10-/m1/s1. The minimum absolute atomic E-state index is 0.0549. The molecule has 0 aromatic heterocycles. The average molecular weight is 192 g/mol. The van der Waals surface area contributed by atoms with Crippen LogP contribution in [-0.2, 0) is 9.59 Å². The van der Waals surface area contributed by atoms with E-state index in [2.05, 4.69) is 0 Å². The van der Waals surface area contributed by atoms with E-state index < -0.39 is 11.9 Å². The Bertz CT molecular complexity index is 330. The van der Waals surface area contributed by atoms with Crippen molar-refractivity contribution >= 4 is 11.8 Å². The highest BCUT2D eigenvalue weighted by Gasteiger charge is 2.20. The Morgan fingerprint density at radius 3 is 2.29 bits per heavy atom. The SMILES string of the molecule is CC(=O)C[C@@H](C(=O)O)c1ccccc1. The number of rotatable bonds is 4. The van der Waals surface area contributed by atoms with E-state index in [-0.39, 0.29) is 12.2 Å². The molecule has 74 valence electrons. The van der Waals surface area contributed by atoms with Gasteiger partial charge in [0.2, 0.25) is 0 Å². The number of carbonyl (C=O) groups is 2. The highest BCUT2D eigenvalue weighted by atomic mass is 16.4. The zero-order valence-electron chi connectivity index (χ0n) is 7.93. The molecule has 3 heteroatoms. The first-order valence-electron chi connectivity index (χ1n) is 4.38. The van der Waals surface area contributed by atoms with Crippen molar-refractivity contribution in [1.82, 2.24) is 0 Å². The Labute approximate surface area is 82.4 Å². The van der Waals surface area contributed by atoms with Crippen molar-refractivity contribution < 1.29 is 14.7 Å². The molecule has 0 unspecified atom stereocenters. The fourth-order valence-corrected chi connectivity index (χ4v) is 1.32. The van der Waals surface area contributed by atoms with Crippen LogP contribution in [0.3, 0.4) is 0 Å². The molecule has 1 aromatic carbocycles. The molecule has 0 saturated heterocycles. The first-order chi connectivity index (χ1) is 6.61. The normalized spacial score (nSPS) is 12.1. The second kappa shape index (κ2) is 4.56. The zero-order chi connectivity index (χ0) is 10.6. The van der Waals surface area contributed by atoms with Crippen LogP contribution in [0.15, 0.2) is 30.3 Å². The van der Waals surface area contributed by atoms with E-state index in [1.165, 1.54) is 6.92 Å². The molecule has 1 N–H and O–H groups in total. The number of hydrogen-bond acceptors (Lipinski definition) is 2. The smallest absolute Gasteiger partial charge is 0.311 e. The summed E-state index contributed by atoms with van der Waals surface area (Å²) < 4.78 is 0. The second-order valence-corrected chi connectivity index (χ2v) is 3.21. The van der Waals surface area contributed by atoms with Crippen molar-refractivity contribution in [3.63, 3.8) is 0 Å². The summed E-state index contributed by atoms with van der Waals surface area (Å²) in [6.07, 6.45) is 0.0549. The molecular weight excluding hydrogens is 180 g/mol. The van der Waals surface area contributed by atoms with Crippen molar-refractivity contribution in [2.75, 3.05) is 0 Å². The number of hydrogen-bond donors (Lipinski definition) is 1. The maximum atomic E-state index is 10.9. The fraction of sp³-hybridized carbons (Fsp3) is 0.273. The highest BCUT2D eigenvalue weighted by Crippen LogP contribution is 2.19. The van der Waals surface area contributed by atoms with E-state index in [1.54, 1.807) is 24.3 Å². The van der Waals surface area contributed by atoms with Crippen LogP contribution >= 0.6 is 0 Å². The highest BCUT2D eigenvalue weighted by molar-refractivity contribution is 5.85.